The number of hydrogen-bond acceptors (Lipinski definition) is 4. The maximum atomic E-state index is 13.1. The Hall–Kier alpha value is -2.15. The summed E-state index contributed by atoms with van der Waals surface area (Å²) >= 11 is 1.40. The smallest absolute Gasteiger partial charge is 0.319 e. The Balaban J connectivity index is 1.47. The fraction of sp³-hybridized carbons (Fsp3) is 0.591. The van der Waals surface area contributed by atoms with Crippen molar-refractivity contribution in [3.63, 3.8) is 0 Å². The van der Waals surface area contributed by atoms with Crippen LogP contribution in [0, 0.1) is 12.8 Å². The van der Waals surface area contributed by atoms with Gasteiger partial charge in [-0.2, -0.15) is 0 Å². The molecule has 2 aliphatic rings. The predicted octanol–water partition coefficient (Wildman–Crippen LogP) is 4.75. The van der Waals surface area contributed by atoms with Gasteiger partial charge in [-0.05, 0) is 63.4 Å². The SMILES string of the molecule is Cc1c(NC(=O)NCCC2=CCCCC2)sc2nc3n(c(=O)c12)CC[C@@H](C)CC3. The fourth-order valence-electron chi connectivity index (χ4n) is 4.28. The third-order valence-corrected chi connectivity index (χ3v) is 7.28. The number of carbonyl (C=O) groups excluding carboxylic acids is 1. The molecule has 6 nitrogen and oxygen atoms in total. The first kappa shape index (κ1) is 20.1. The van der Waals surface area contributed by atoms with Gasteiger partial charge in [0.25, 0.3) is 5.56 Å². The number of amides is 2. The van der Waals surface area contributed by atoms with Gasteiger partial charge in [-0.1, -0.05) is 29.9 Å². The molecule has 0 aromatic carbocycles. The molecule has 1 aliphatic carbocycles. The number of thiophene rings is 1. The summed E-state index contributed by atoms with van der Waals surface area (Å²) in [6.45, 7) is 5.49. The second kappa shape index (κ2) is 8.69. The molecule has 0 bridgehead atoms. The van der Waals surface area contributed by atoms with E-state index in [4.69, 9.17) is 4.98 Å². The molecule has 0 unspecified atom stereocenters. The van der Waals surface area contributed by atoms with Crippen LogP contribution < -0.4 is 16.2 Å². The van der Waals surface area contributed by atoms with Crippen molar-refractivity contribution in [2.45, 2.75) is 71.8 Å². The third kappa shape index (κ3) is 4.39. The standard InChI is InChI=1S/C22H30N4O2S/c1-14-8-9-17-24-20-18(21(27)26(17)13-11-14)15(2)19(29-20)25-22(28)23-12-10-16-6-4-3-5-7-16/h6,14H,3-5,7-13H2,1-2H3,(H2,23,25,28)/t14-/m0/s1. The molecule has 1 aliphatic heterocycles. The van der Waals surface area contributed by atoms with Crippen LogP contribution in [-0.2, 0) is 13.0 Å². The highest BCUT2D eigenvalue weighted by Gasteiger charge is 2.21. The van der Waals surface area contributed by atoms with Gasteiger partial charge in [0.05, 0.1) is 5.39 Å². The minimum absolute atomic E-state index is 0.0329. The number of nitrogens with zero attached hydrogens (tertiary/aromatic N) is 2. The number of nitrogens with one attached hydrogen (secondary N) is 2. The molecule has 0 saturated carbocycles. The van der Waals surface area contributed by atoms with Crippen LogP contribution >= 0.6 is 11.3 Å². The number of urea groups is 1. The number of anilines is 1. The molecule has 0 radical (unpaired) electrons. The Labute approximate surface area is 175 Å². The van der Waals surface area contributed by atoms with Gasteiger partial charge in [0.2, 0.25) is 0 Å². The van der Waals surface area contributed by atoms with E-state index in [9.17, 15) is 9.59 Å². The Morgan fingerprint density at radius 2 is 2.17 bits per heavy atom. The Kier molecular flexibility index (Phi) is 6.04. The van der Waals surface area contributed by atoms with Gasteiger partial charge < -0.3 is 5.32 Å². The summed E-state index contributed by atoms with van der Waals surface area (Å²) in [6.07, 6.45) is 11.0. The van der Waals surface area contributed by atoms with E-state index in [0.29, 0.717) is 22.8 Å². The maximum Gasteiger partial charge on any atom is 0.319 e. The van der Waals surface area contributed by atoms with Crippen molar-refractivity contribution in [3.8, 4) is 0 Å². The predicted molar refractivity (Wildman–Crippen MR) is 119 cm³/mol. The van der Waals surface area contributed by atoms with Crippen LogP contribution in [0.1, 0.15) is 63.3 Å². The van der Waals surface area contributed by atoms with Gasteiger partial charge in [-0.3, -0.25) is 14.7 Å². The minimum Gasteiger partial charge on any atom is -0.338 e. The van der Waals surface area contributed by atoms with Gasteiger partial charge in [-0.15, -0.1) is 0 Å². The number of allylic oxidation sites excluding steroid dienone is 1. The first-order chi connectivity index (χ1) is 14.0. The first-order valence-corrected chi connectivity index (χ1v) is 11.6. The van der Waals surface area contributed by atoms with E-state index in [1.165, 1.54) is 29.8 Å². The van der Waals surface area contributed by atoms with Crippen LogP contribution in [0.25, 0.3) is 10.2 Å². The normalized spacial score (nSPS) is 19.4. The zero-order valence-electron chi connectivity index (χ0n) is 17.3. The summed E-state index contributed by atoms with van der Waals surface area (Å²) in [5.41, 5.74) is 2.30. The van der Waals surface area contributed by atoms with Crippen LogP contribution in [0.3, 0.4) is 0 Å². The van der Waals surface area contributed by atoms with Crippen LogP contribution in [0.4, 0.5) is 9.80 Å². The highest BCUT2D eigenvalue weighted by molar-refractivity contribution is 7.22. The van der Waals surface area contributed by atoms with E-state index in [0.717, 1.165) is 61.3 Å². The molecule has 1 atom stereocenters. The molecule has 7 heteroatoms. The average molecular weight is 415 g/mol. The number of carbonyl (C=O) groups is 1. The molecule has 0 fully saturated rings. The molecule has 0 saturated heterocycles. The number of hydrogen-bond donors (Lipinski definition) is 2. The average Bonchev–Trinajstić information content (AvgIpc) is 2.88. The van der Waals surface area contributed by atoms with Crippen molar-refractivity contribution in [2.24, 2.45) is 5.92 Å². The third-order valence-electron chi connectivity index (χ3n) is 6.18. The maximum absolute atomic E-state index is 13.1. The van der Waals surface area contributed by atoms with E-state index >= 15 is 0 Å². The monoisotopic (exact) mass is 414 g/mol. The lowest BCUT2D eigenvalue weighted by molar-refractivity contribution is 0.252. The lowest BCUT2D eigenvalue weighted by atomic mass is 9.97. The summed E-state index contributed by atoms with van der Waals surface area (Å²) in [7, 11) is 0. The highest BCUT2D eigenvalue weighted by atomic mass is 32.1. The van der Waals surface area contributed by atoms with Crippen molar-refractivity contribution in [3.05, 3.63) is 33.4 Å². The van der Waals surface area contributed by atoms with Gasteiger partial charge in [0.15, 0.2) is 0 Å². The molecule has 2 aromatic heterocycles. The van der Waals surface area contributed by atoms with Crippen LogP contribution in [0.2, 0.25) is 0 Å². The summed E-state index contributed by atoms with van der Waals surface area (Å²) < 4.78 is 1.84. The first-order valence-electron chi connectivity index (χ1n) is 10.8. The highest BCUT2D eigenvalue weighted by Crippen LogP contribution is 2.33. The summed E-state index contributed by atoms with van der Waals surface area (Å²) in [6, 6.07) is -0.216. The largest absolute Gasteiger partial charge is 0.338 e. The number of aromatic nitrogens is 2. The van der Waals surface area contributed by atoms with Gasteiger partial charge in [0, 0.05) is 19.5 Å². The van der Waals surface area contributed by atoms with Crippen molar-refractivity contribution in [2.75, 3.05) is 11.9 Å². The van der Waals surface area contributed by atoms with Crippen LogP contribution in [0.5, 0.6) is 0 Å². The molecule has 3 heterocycles. The quantitative estimate of drug-likeness (QED) is 0.709. The van der Waals surface area contributed by atoms with Gasteiger partial charge in [0.1, 0.15) is 15.7 Å². The molecule has 156 valence electrons. The van der Waals surface area contributed by atoms with Gasteiger partial charge >= 0.3 is 6.03 Å². The van der Waals surface area contributed by atoms with E-state index in [1.54, 1.807) is 0 Å². The molecule has 2 N–H and O–H groups in total. The van der Waals surface area contributed by atoms with E-state index in [-0.39, 0.29) is 11.6 Å². The molecule has 0 spiro atoms. The molecule has 4 rings (SSSR count). The van der Waals surface area contributed by atoms with E-state index < -0.39 is 0 Å². The van der Waals surface area contributed by atoms with Gasteiger partial charge in [-0.25, -0.2) is 9.78 Å². The molecular formula is C22H30N4O2S. The second-order valence-corrected chi connectivity index (χ2v) is 9.39. The summed E-state index contributed by atoms with van der Waals surface area (Å²) in [5, 5.41) is 7.25. The summed E-state index contributed by atoms with van der Waals surface area (Å²) in [5.74, 6) is 1.49. The van der Waals surface area contributed by atoms with Crippen molar-refractivity contribution in [1.82, 2.24) is 14.9 Å². The van der Waals surface area contributed by atoms with Crippen LogP contribution in [-0.4, -0.2) is 22.1 Å². The Bertz CT molecular complexity index is 1000. The Morgan fingerprint density at radius 3 is 2.97 bits per heavy atom. The minimum atomic E-state index is -0.216. The molecular weight excluding hydrogens is 384 g/mol. The molecule has 2 aromatic rings. The molecule has 2 amide bonds. The number of fused-ring (bicyclic) bond motifs is 2. The Morgan fingerprint density at radius 1 is 1.31 bits per heavy atom. The number of aryl methyl sites for hydroxylation is 2. The lowest BCUT2D eigenvalue weighted by Gasteiger charge is -2.13. The zero-order chi connectivity index (χ0) is 20.4. The van der Waals surface area contributed by atoms with Crippen molar-refractivity contribution < 1.29 is 4.79 Å². The topological polar surface area (TPSA) is 76.0 Å². The zero-order valence-corrected chi connectivity index (χ0v) is 18.2. The van der Waals surface area contributed by atoms with E-state index in [2.05, 4.69) is 23.6 Å². The second-order valence-electron chi connectivity index (χ2n) is 8.39. The van der Waals surface area contributed by atoms with Crippen LogP contribution in [0.15, 0.2) is 16.4 Å². The van der Waals surface area contributed by atoms with Crippen molar-refractivity contribution >= 4 is 32.6 Å². The lowest BCUT2D eigenvalue weighted by Crippen LogP contribution is -2.29. The number of rotatable bonds is 4. The fourth-order valence-corrected chi connectivity index (χ4v) is 5.37. The van der Waals surface area contributed by atoms with E-state index in [1.807, 2.05) is 11.5 Å². The summed E-state index contributed by atoms with van der Waals surface area (Å²) in [4.78, 5) is 31.0. The van der Waals surface area contributed by atoms with Crippen molar-refractivity contribution in [1.29, 1.82) is 0 Å². The molecule has 29 heavy (non-hydrogen) atoms.